The number of carboxylic acid groups (broad SMARTS) is 1. The maximum atomic E-state index is 11.1. The van der Waals surface area contributed by atoms with Gasteiger partial charge in [0.25, 0.3) is 0 Å². The number of hydrogen-bond donors (Lipinski definition) is 1. The van der Waals surface area contributed by atoms with Crippen LogP contribution >= 0.6 is 11.3 Å². The number of aliphatic carboxylic acids is 1. The molecule has 0 radical (unpaired) electrons. The van der Waals surface area contributed by atoms with E-state index in [0.717, 1.165) is 5.56 Å². The summed E-state index contributed by atoms with van der Waals surface area (Å²) in [5.41, 5.74) is 0.0341. The molecular formula is C10H12O2S. The average Bonchev–Trinajstić information content (AvgIpc) is 2.56. The van der Waals surface area contributed by atoms with Gasteiger partial charge < -0.3 is 5.11 Å². The van der Waals surface area contributed by atoms with Gasteiger partial charge in [0, 0.05) is 0 Å². The van der Waals surface area contributed by atoms with Crippen LogP contribution in [0.25, 0.3) is 0 Å². The van der Waals surface area contributed by atoms with Gasteiger partial charge in [-0.05, 0) is 35.7 Å². The first-order valence-electron chi connectivity index (χ1n) is 3.98. The van der Waals surface area contributed by atoms with Crippen LogP contribution in [0.5, 0.6) is 0 Å². The Morgan fingerprint density at radius 2 is 2.54 bits per heavy atom. The summed E-state index contributed by atoms with van der Waals surface area (Å²) in [6, 6.07) is 1.85. The van der Waals surface area contributed by atoms with E-state index in [4.69, 9.17) is 5.11 Å². The number of hydrogen-bond acceptors (Lipinski definition) is 2. The predicted molar refractivity (Wildman–Crippen MR) is 54.1 cm³/mol. The Bertz CT molecular complexity index is 303. The van der Waals surface area contributed by atoms with Crippen molar-refractivity contribution in [1.82, 2.24) is 0 Å². The number of thiophene rings is 1. The van der Waals surface area contributed by atoms with Crippen LogP contribution in [0.3, 0.4) is 0 Å². The van der Waals surface area contributed by atoms with Crippen molar-refractivity contribution in [1.29, 1.82) is 0 Å². The molecule has 70 valence electrons. The Labute approximate surface area is 81.5 Å². The highest BCUT2D eigenvalue weighted by molar-refractivity contribution is 7.08. The van der Waals surface area contributed by atoms with Gasteiger partial charge >= 0.3 is 5.97 Å². The van der Waals surface area contributed by atoms with Crippen LogP contribution in [-0.2, 0) is 10.2 Å². The molecule has 2 nitrogen and oxygen atoms in total. The quantitative estimate of drug-likeness (QED) is 0.752. The minimum absolute atomic E-state index is 0.457. The Kier molecular flexibility index (Phi) is 2.88. The molecular weight excluding hydrogens is 184 g/mol. The molecule has 0 unspecified atom stereocenters. The number of carboxylic acids is 1. The van der Waals surface area contributed by atoms with E-state index in [-0.39, 0.29) is 0 Å². The first kappa shape index (κ1) is 9.99. The summed E-state index contributed by atoms with van der Waals surface area (Å²) in [6.07, 6.45) is 2.10. The molecule has 0 spiro atoms. The zero-order valence-corrected chi connectivity index (χ0v) is 8.30. The van der Waals surface area contributed by atoms with Gasteiger partial charge in [0.1, 0.15) is 0 Å². The van der Waals surface area contributed by atoms with Gasteiger partial charge in [0.05, 0.1) is 5.41 Å². The first-order chi connectivity index (χ1) is 6.11. The highest BCUT2D eigenvalue weighted by Crippen LogP contribution is 2.29. The number of rotatable bonds is 4. The highest BCUT2D eigenvalue weighted by atomic mass is 32.1. The van der Waals surface area contributed by atoms with Crippen LogP contribution in [0.15, 0.2) is 29.5 Å². The molecule has 13 heavy (non-hydrogen) atoms. The van der Waals surface area contributed by atoms with Crippen LogP contribution in [-0.4, -0.2) is 11.1 Å². The Hall–Kier alpha value is -1.09. The van der Waals surface area contributed by atoms with Crippen molar-refractivity contribution in [2.75, 3.05) is 0 Å². The summed E-state index contributed by atoms with van der Waals surface area (Å²) in [5.74, 6) is -0.800. The largest absolute Gasteiger partial charge is 0.481 e. The summed E-state index contributed by atoms with van der Waals surface area (Å²) in [5, 5.41) is 12.9. The van der Waals surface area contributed by atoms with Crippen LogP contribution in [0.4, 0.5) is 0 Å². The Morgan fingerprint density at radius 1 is 1.85 bits per heavy atom. The Morgan fingerprint density at radius 3 is 2.92 bits per heavy atom. The lowest BCUT2D eigenvalue weighted by atomic mass is 9.81. The fourth-order valence-electron chi connectivity index (χ4n) is 1.20. The third-order valence-electron chi connectivity index (χ3n) is 2.18. The standard InChI is InChI=1S/C10H12O2S/c1-3-5-10(2,9(11)12)8-4-6-13-7-8/h3-4,6-7H,1,5H2,2H3,(H,11,12)/t10-/m1/s1. The lowest BCUT2D eigenvalue weighted by Crippen LogP contribution is -2.31. The third kappa shape index (κ3) is 1.80. The lowest BCUT2D eigenvalue weighted by Gasteiger charge is -2.21. The molecule has 1 N–H and O–H groups in total. The fraction of sp³-hybridized carbons (Fsp3) is 0.300. The van der Waals surface area contributed by atoms with Crippen molar-refractivity contribution in [2.45, 2.75) is 18.8 Å². The Balaban J connectivity index is 3.05. The normalized spacial score (nSPS) is 14.8. The molecule has 0 aromatic carbocycles. The molecule has 0 saturated heterocycles. The van der Waals surface area contributed by atoms with E-state index in [1.807, 2.05) is 16.8 Å². The fourth-order valence-corrected chi connectivity index (χ4v) is 1.98. The molecule has 1 rings (SSSR count). The second-order valence-corrected chi connectivity index (χ2v) is 3.92. The van der Waals surface area contributed by atoms with E-state index in [2.05, 4.69) is 6.58 Å². The van der Waals surface area contributed by atoms with Gasteiger partial charge in [-0.2, -0.15) is 11.3 Å². The summed E-state index contributed by atoms with van der Waals surface area (Å²) >= 11 is 1.51. The van der Waals surface area contributed by atoms with E-state index < -0.39 is 11.4 Å². The van der Waals surface area contributed by atoms with Crippen molar-refractivity contribution in [3.8, 4) is 0 Å². The van der Waals surface area contributed by atoms with E-state index in [0.29, 0.717) is 6.42 Å². The molecule has 1 heterocycles. The molecule has 1 aromatic rings. The molecule has 0 bridgehead atoms. The van der Waals surface area contributed by atoms with Gasteiger partial charge in [0.2, 0.25) is 0 Å². The van der Waals surface area contributed by atoms with Gasteiger partial charge in [-0.25, -0.2) is 0 Å². The van der Waals surface area contributed by atoms with Gasteiger partial charge in [-0.15, -0.1) is 6.58 Å². The van der Waals surface area contributed by atoms with Crippen LogP contribution in [0, 0.1) is 0 Å². The minimum atomic E-state index is -0.818. The average molecular weight is 196 g/mol. The molecule has 0 aliphatic heterocycles. The van der Waals surface area contributed by atoms with Crippen LogP contribution in [0.1, 0.15) is 18.9 Å². The lowest BCUT2D eigenvalue weighted by molar-refractivity contribution is -0.143. The molecule has 0 amide bonds. The zero-order chi connectivity index (χ0) is 9.90. The van der Waals surface area contributed by atoms with Gasteiger partial charge in [-0.3, -0.25) is 4.79 Å². The molecule has 0 fully saturated rings. The smallest absolute Gasteiger partial charge is 0.314 e. The van der Waals surface area contributed by atoms with E-state index in [1.165, 1.54) is 11.3 Å². The maximum absolute atomic E-state index is 11.1. The van der Waals surface area contributed by atoms with Crippen molar-refractivity contribution in [2.24, 2.45) is 0 Å². The minimum Gasteiger partial charge on any atom is -0.481 e. The van der Waals surface area contributed by atoms with Crippen molar-refractivity contribution in [3.63, 3.8) is 0 Å². The van der Waals surface area contributed by atoms with E-state index in [9.17, 15) is 4.79 Å². The summed E-state index contributed by atoms with van der Waals surface area (Å²) < 4.78 is 0. The number of carbonyl (C=O) groups is 1. The second kappa shape index (κ2) is 3.75. The summed E-state index contributed by atoms with van der Waals surface area (Å²) in [4.78, 5) is 11.1. The zero-order valence-electron chi connectivity index (χ0n) is 7.49. The second-order valence-electron chi connectivity index (χ2n) is 3.14. The van der Waals surface area contributed by atoms with E-state index in [1.54, 1.807) is 13.0 Å². The monoisotopic (exact) mass is 196 g/mol. The molecule has 0 aliphatic rings. The van der Waals surface area contributed by atoms with Crippen LogP contribution in [0.2, 0.25) is 0 Å². The highest BCUT2D eigenvalue weighted by Gasteiger charge is 2.33. The van der Waals surface area contributed by atoms with Crippen molar-refractivity contribution >= 4 is 17.3 Å². The van der Waals surface area contributed by atoms with Crippen molar-refractivity contribution in [3.05, 3.63) is 35.0 Å². The SMILES string of the molecule is C=CC[C@@](C)(C(=O)O)c1ccsc1. The third-order valence-corrected chi connectivity index (χ3v) is 2.87. The molecule has 0 saturated carbocycles. The topological polar surface area (TPSA) is 37.3 Å². The molecule has 0 aliphatic carbocycles. The molecule has 1 aromatic heterocycles. The summed E-state index contributed by atoms with van der Waals surface area (Å²) in [6.45, 7) is 5.30. The molecule has 3 heteroatoms. The van der Waals surface area contributed by atoms with Crippen molar-refractivity contribution < 1.29 is 9.90 Å². The summed E-state index contributed by atoms with van der Waals surface area (Å²) in [7, 11) is 0. The number of allylic oxidation sites excluding steroid dienone is 1. The predicted octanol–water partition coefficient (Wildman–Crippen LogP) is 2.67. The van der Waals surface area contributed by atoms with E-state index >= 15 is 0 Å². The van der Waals surface area contributed by atoms with Crippen LogP contribution < -0.4 is 0 Å². The van der Waals surface area contributed by atoms with Gasteiger partial charge in [0.15, 0.2) is 0 Å². The molecule has 1 atom stereocenters. The van der Waals surface area contributed by atoms with Gasteiger partial charge in [-0.1, -0.05) is 6.08 Å². The first-order valence-corrected chi connectivity index (χ1v) is 4.92. The maximum Gasteiger partial charge on any atom is 0.314 e.